The molecule has 5 atom stereocenters. The van der Waals surface area contributed by atoms with Gasteiger partial charge in [-0.25, -0.2) is 0 Å². The van der Waals surface area contributed by atoms with E-state index < -0.39 is 0 Å². The summed E-state index contributed by atoms with van der Waals surface area (Å²) in [6, 6.07) is 0.588. The molecule has 4 fully saturated rings. The van der Waals surface area contributed by atoms with E-state index in [0.29, 0.717) is 23.8 Å². The largest absolute Gasteiger partial charge is 0.342 e. The molecule has 2 heteroatoms. The van der Waals surface area contributed by atoms with Crippen molar-refractivity contribution in [1.29, 1.82) is 0 Å². The van der Waals surface area contributed by atoms with Gasteiger partial charge in [0.1, 0.15) is 0 Å². The highest BCUT2D eigenvalue weighted by molar-refractivity contribution is 5.82. The third-order valence-corrected chi connectivity index (χ3v) is 4.78. The molecule has 3 aliphatic carbocycles. The van der Waals surface area contributed by atoms with Crippen LogP contribution in [-0.2, 0) is 4.79 Å². The second kappa shape index (κ2) is 2.28. The van der Waals surface area contributed by atoms with Crippen molar-refractivity contribution in [1.82, 2.24) is 4.90 Å². The third-order valence-electron chi connectivity index (χ3n) is 4.78. The topological polar surface area (TPSA) is 20.3 Å². The van der Waals surface area contributed by atoms with E-state index in [1.54, 1.807) is 0 Å². The van der Waals surface area contributed by atoms with Crippen LogP contribution >= 0.6 is 0 Å². The number of likely N-dealkylation sites (tertiary alicyclic amines) is 1. The quantitative estimate of drug-likeness (QED) is 0.552. The standard InChI is InChI=1S/C11H17NO/c1-6-7-3-4-8-9(5-7)11(13)12(2)10(6)8/h6-10H,3-5H2,1-2H3. The molecule has 72 valence electrons. The predicted molar refractivity (Wildman–Crippen MR) is 50.0 cm³/mol. The Balaban J connectivity index is 2.03. The molecule has 0 aromatic rings. The Labute approximate surface area is 79.3 Å². The normalized spacial score (nSPS) is 53.2. The lowest BCUT2D eigenvalue weighted by molar-refractivity contribution is -0.130. The summed E-state index contributed by atoms with van der Waals surface area (Å²) in [6.07, 6.45) is 3.87. The summed E-state index contributed by atoms with van der Waals surface area (Å²) in [7, 11) is 2.00. The molecule has 1 heterocycles. The summed E-state index contributed by atoms with van der Waals surface area (Å²) >= 11 is 0. The van der Waals surface area contributed by atoms with Crippen LogP contribution in [0.5, 0.6) is 0 Å². The first-order valence-electron chi connectivity index (χ1n) is 5.47. The molecule has 13 heavy (non-hydrogen) atoms. The molecule has 0 aromatic heterocycles. The van der Waals surface area contributed by atoms with Crippen LogP contribution < -0.4 is 0 Å². The fourth-order valence-corrected chi connectivity index (χ4v) is 4.11. The minimum atomic E-state index is 0.407. The molecule has 4 aliphatic rings. The lowest BCUT2D eigenvalue weighted by Crippen LogP contribution is -2.46. The van der Waals surface area contributed by atoms with Gasteiger partial charge in [-0.1, -0.05) is 6.92 Å². The van der Waals surface area contributed by atoms with Crippen molar-refractivity contribution in [3.8, 4) is 0 Å². The van der Waals surface area contributed by atoms with Crippen molar-refractivity contribution in [2.24, 2.45) is 23.7 Å². The fraction of sp³-hybridized carbons (Fsp3) is 0.909. The molecule has 1 saturated heterocycles. The van der Waals surface area contributed by atoms with Gasteiger partial charge in [-0.15, -0.1) is 0 Å². The molecule has 0 radical (unpaired) electrons. The number of hydrogen-bond donors (Lipinski definition) is 0. The Morgan fingerprint density at radius 2 is 2.15 bits per heavy atom. The van der Waals surface area contributed by atoms with Crippen LogP contribution in [-0.4, -0.2) is 23.9 Å². The molecular formula is C11H17NO. The van der Waals surface area contributed by atoms with Crippen LogP contribution in [0, 0.1) is 23.7 Å². The SMILES string of the molecule is CC1C2CCC3C(C2)C(=O)N(C)C13. The van der Waals surface area contributed by atoms with Gasteiger partial charge in [0.2, 0.25) is 5.91 Å². The molecule has 4 rings (SSSR count). The predicted octanol–water partition coefficient (Wildman–Crippen LogP) is 1.51. The van der Waals surface area contributed by atoms with Gasteiger partial charge in [-0.3, -0.25) is 4.79 Å². The zero-order valence-corrected chi connectivity index (χ0v) is 8.36. The molecular weight excluding hydrogens is 162 g/mol. The smallest absolute Gasteiger partial charge is 0.226 e. The minimum absolute atomic E-state index is 0.407. The van der Waals surface area contributed by atoms with Gasteiger partial charge >= 0.3 is 0 Å². The highest BCUT2D eigenvalue weighted by Crippen LogP contribution is 2.54. The summed E-state index contributed by atoms with van der Waals surface area (Å²) in [5, 5.41) is 0. The lowest BCUT2D eigenvalue weighted by atomic mass is 9.60. The van der Waals surface area contributed by atoms with Gasteiger partial charge in [-0.05, 0) is 37.0 Å². The van der Waals surface area contributed by atoms with E-state index in [9.17, 15) is 4.79 Å². The summed E-state index contributed by atoms with van der Waals surface area (Å²) in [5.41, 5.74) is 0. The molecule has 0 aromatic carbocycles. The monoisotopic (exact) mass is 179 g/mol. The van der Waals surface area contributed by atoms with E-state index in [0.717, 1.165) is 11.8 Å². The van der Waals surface area contributed by atoms with Gasteiger partial charge in [-0.2, -0.15) is 0 Å². The number of rotatable bonds is 0. The van der Waals surface area contributed by atoms with Crippen molar-refractivity contribution < 1.29 is 4.79 Å². The lowest BCUT2D eigenvalue weighted by Gasteiger charge is -2.46. The summed E-state index contributed by atoms with van der Waals surface area (Å²) < 4.78 is 0. The maximum atomic E-state index is 11.8. The summed E-state index contributed by atoms with van der Waals surface area (Å²) in [5.74, 6) is 3.15. The summed E-state index contributed by atoms with van der Waals surface area (Å²) in [4.78, 5) is 13.9. The number of carbonyl (C=O) groups excluding carboxylic acids is 1. The van der Waals surface area contributed by atoms with Crippen LogP contribution in [0.4, 0.5) is 0 Å². The van der Waals surface area contributed by atoms with Crippen molar-refractivity contribution in [3.05, 3.63) is 0 Å². The molecule has 1 amide bonds. The Morgan fingerprint density at radius 3 is 2.85 bits per heavy atom. The number of nitrogens with zero attached hydrogens (tertiary/aromatic N) is 1. The van der Waals surface area contributed by atoms with Crippen LogP contribution in [0.25, 0.3) is 0 Å². The first kappa shape index (κ1) is 7.84. The van der Waals surface area contributed by atoms with Gasteiger partial charge in [0.05, 0.1) is 0 Å². The molecule has 2 nitrogen and oxygen atoms in total. The Morgan fingerprint density at radius 1 is 1.38 bits per heavy atom. The minimum Gasteiger partial charge on any atom is -0.342 e. The van der Waals surface area contributed by atoms with E-state index in [2.05, 4.69) is 6.92 Å². The Hall–Kier alpha value is -0.530. The van der Waals surface area contributed by atoms with E-state index in [1.807, 2.05) is 11.9 Å². The van der Waals surface area contributed by atoms with Crippen molar-refractivity contribution >= 4 is 5.91 Å². The van der Waals surface area contributed by atoms with Crippen molar-refractivity contribution in [2.75, 3.05) is 7.05 Å². The third kappa shape index (κ3) is 0.773. The molecule has 0 N–H and O–H groups in total. The second-order valence-electron chi connectivity index (χ2n) is 5.14. The van der Waals surface area contributed by atoms with Crippen LogP contribution in [0.15, 0.2) is 0 Å². The zero-order valence-electron chi connectivity index (χ0n) is 8.36. The Kier molecular flexibility index (Phi) is 1.38. The summed E-state index contributed by atoms with van der Waals surface area (Å²) in [6.45, 7) is 2.34. The molecule has 1 aliphatic heterocycles. The van der Waals surface area contributed by atoms with Crippen molar-refractivity contribution in [2.45, 2.75) is 32.2 Å². The average Bonchev–Trinajstić information content (AvgIpc) is 2.36. The average molecular weight is 179 g/mol. The van der Waals surface area contributed by atoms with Crippen molar-refractivity contribution in [3.63, 3.8) is 0 Å². The highest BCUT2D eigenvalue weighted by atomic mass is 16.2. The van der Waals surface area contributed by atoms with Gasteiger partial charge < -0.3 is 4.90 Å². The molecule has 0 spiro atoms. The number of hydrogen-bond acceptors (Lipinski definition) is 1. The number of fused-ring (bicyclic) bond motifs is 1. The number of carbonyl (C=O) groups is 1. The van der Waals surface area contributed by atoms with E-state index in [4.69, 9.17) is 0 Å². The molecule has 3 saturated carbocycles. The van der Waals surface area contributed by atoms with Crippen LogP contribution in [0.1, 0.15) is 26.2 Å². The van der Waals surface area contributed by atoms with Gasteiger partial charge in [0.25, 0.3) is 0 Å². The Bertz CT molecular complexity index is 263. The molecule has 5 unspecified atom stereocenters. The second-order valence-corrected chi connectivity index (χ2v) is 5.14. The van der Waals surface area contributed by atoms with Gasteiger partial charge in [0, 0.05) is 19.0 Å². The van der Waals surface area contributed by atoms with Crippen LogP contribution in [0.2, 0.25) is 0 Å². The first-order valence-corrected chi connectivity index (χ1v) is 5.47. The number of amides is 1. The first-order chi connectivity index (χ1) is 6.20. The maximum Gasteiger partial charge on any atom is 0.226 e. The zero-order chi connectivity index (χ0) is 9.16. The van der Waals surface area contributed by atoms with E-state index in [-0.39, 0.29) is 0 Å². The van der Waals surface area contributed by atoms with E-state index >= 15 is 0 Å². The highest BCUT2D eigenvalue weighted by Gasteiger charge is 2.56. The van der Waals surface area contributed by atoms with Gasteiger partial charge in [0.15, 0.2) is 0 Å². The molecule has 4 bridgehead atoms. The van der Waals surface area contributed by atoms with Crippen LogP contribution in [0.3, 0.4) is 0 Å². The maximum absolute atomic E-state index is 11.8. The fourth-order valence-electron chi connectivity index (χ4n) is 4.11. The van der Waals surface area contributed by atoms with E-state index in [1.165, 1.54) is 19.3 Å².